The Morgan fingerprint density at radius 1 is 1.45 bits per heavy atom. The molecule has 0 radical (unpaired) electrons. The summed E-state index contributed by atoms with van der Waals surface area (Å²) in [6, 6.07) is 2.39. The average molecular weight is 289 g/mol. The summed E-state index contributed by atoms with van der Waals surface area (Å²) in [7, 11) is 2.00. The zero-order chi connectivity index (χ0) is 14.1. The summed E-state index contributed by atoms with van der Waals surface area (Å²) in [5, 5.41) is 10.0. The molecule has 0 saturated carbocycles. The quantitative estimate of drug-likeness (QED) is 0.784. The molecule has 3 heterocycles. The van der Waals surface area contributed by atoms with Crippen LogP contribution in [0.5, 0.6) is 0 Å². The Labute approximate surface area is 122 Å². The number of rotatable bonds is 5. The van der Waals surface area contributed by atoms with Gasteiger partial charge >= 0.3 is 0 Å². The van der Waals surface area contributed by atoms with E-state index in [0.717, 1.165) is 29.3 Å². The second-order valence-corrected chi connectivity index (χ2v) is 5.85. The molecule has 106 valence electrons. The fourth-order valence-electron chi connectivity index (χ4n) is 2.57. The Morgan fingerprint density at radius 3 is 2.95 bits per heavy atom. The van der Waals surface area contributed by atoms with Crippen molar-refractivity contribution in [2.24, 2.45) is 7.05 Å². The van der Waals surface area contributed by atoms with Gasteiger partial charge in [0, 0.05) is 31.2 Å². The van der Waals surface area contributed by atoms with Crippen molar-refractivity contribution in [3.8, 4) is 0 Å². The van der Waals surface area contributed by atoms with Crippen LogP contribution >= 0.6 is 11.3 Å². The number of hydrogen-bond acceptors (Lipinski definition) is 4. The van der Waals surface area contributed by atoms with Crippen LogP contribution < -0.4 is 5.32 Å². The van der Waals surface area contributed by atoms with Crippen LogP contribution in [0.15, 0.2) is 23.8 Å². The van der Waals surface area contributed by atoms with Crippen molar-refractivity contribution >= 4 is 16.3 Å². The summed E-state index contributed by atoms with van der Waals surface area (Å²) < 4.78 is 4.04. The number of thiazole rings is 1. The molecule has 0 aromatic carbocycles. The van der Waals surface area contributed by atoms with Crippen LogP contribution in [0.25, 0.3) is 4.96 Å². The molecular weight excluding hydrogens is 270 g/mol. The number of aryl methyl sites for hydroxylation is 2. The molecule has 0 spiro atoms. The molecule has 3 aromatic rings. The van der Waals surface area contributed by atoms with E-state index < -0.39 is 0 Å². The van der Waals surface area contributed by atoms with Crippen molar-refractivity contribution in [1.82, 2.24) is 24.5 Å². The monoisotopic (exact) mass is 289 g/mol. The maximum atomic E-state index is 4.67. The third kappa shape index (κ3) is 2.48. The molecule has 3 aromatic heterocycles. The predicted molar refractivity (Wildman–Crippen MR) is 81.1 cm³/mol. The van der Waals surface area contributed by atoms with Gasteiger partial charge in [-0.15, -0.1) is 11.3 Å². The van der Waals surface area contributed by atoms with Crippen LogP contribution in [0, 0.1) is 6.92 Å². The number of likely N-dealkylation sites (N-methyl/N-ethyl adjacent to an activating group) is 1. The van der Waals surface area contributed by atoms with Crippen molar-refractivity contribution in [3.05, 3.63) is 40.9 Å². The maximum absolute atomic E-state index is 4.67. The van der Waals surface area contributed by atoms with Gasteiger partial charge in [0.2, 0.25) is 0 Å². The molecule has 0 bridgehead atoms. The van der Waals surface area contributed by atoms with Crippen molar-refractivity contribution < 1.29 is 0 Å². The highest BCUT2D eigenvalue weighted by Crippen LogP contribution is 2.20. The summed E-state index contributed by atoms with van der Waals surface area (Å²) >= 11 is 1.67. The maximum Gasteiger partial charge on any atom is 0.193 e. The molecule has 1 N–H and O–H groups in total. The molecule has 1 atom stereocenters. The van der Waals surface area contributed by atoms with E-state index in [1.165, 1.54) is 5.69 Å². The summed E-state index contributed by atoms with van der Waals surface area (Å²) in [4.78, 5) is 5.72. The molecule has 0 saturated heterocycles. The molecule has 20 heavy (non-hydrogen) atoms. The van der Waals surface area contributed by atoms with Gasteiger partial charge in [-0.25, -0.2) is 4.98 Å². The van der Waals surface area contributed by atoms with Crippen LogP contribution in [-0.2, 0) is 13.5 Å². The van der Waals surface area contributed by atoms with E-state index in [4.69, 9.17) is 0 Å². The molecule has 1 unspecified atom stereocenters. The van der Waals surface area contributed by atoms with Gasteiger partial charge in [0.25, 0.3) is 0 Å². The first kappa shape index (κ1) is 13.3. The smallest absolute Gasteiger partial charge is 0.193 e. The molecule has 0 amide bonds. The van der Waals surface area contributed by atoms with E-state index in [1.54, 1.807) is 11.3 Å². The van der Waals surface area contributed by atoms with Gasteiger partial charge < -0.3 is 5.32 Å². The molecular formula is C14H19N5S. The molecule has 5 nitrogen and oxygen atoms in total. The normalized spacial score (nSPS) is 13.2. The summed E-state index contributed by atoms with van der Waals surface area (Å²) in [6.07, 6.45) is 5.04. The van der Waals surface area contributed by atoms with Crippen molar-refractivity contribution in [1.29, 1.82) is 0 Å². The molecule has 0 fully saturated rings. The van der Waals surface area contributed by atoms with Crippen LogP contribution in [0.2, 0.25) is 0 Å². The minimum Gasteiger partial charge on any atom is -0.309 e. The number of nitrogens with one attached hydrogen (secondary N) is 1. The van der Waals surface area contributed by atoms with Crippen LogP contribution in [0.3, 0.4) is 0 Å². The SMILES string of the molecule is CCNC(Cc1cn2ccsc2n1)c1cc(C)nn1C. The summed E-state index contributed by atoms with van der Waals surface area (Å²) in [5.41, 5.74) is 3.37. The fourth-order valence-corrected chi connectivity index (χ4v) is 3.29. The van der Waals surface area contributed by atoms with Crippen LogP contribution in [0.4, 0.5) is 0 Å². The third-order valence-electron chi connectivity index (χ3n) is 3.40. The molecule has 0 aliphatic carbocycles. The van der Waals surface area contributed by atoms with Gasteiger partial charge in [-0.3, -0.25) is 9.08 Å². The number of imidazole rings is 1. The number of hydrogen-bond donors (Lipinski definition) is 1. The summed E-state index contributed by atoms with van der Waals surface area (Å²) in [5.74, 6) is 0. The fraction of sp³-hybridized carbons (Fsp3) is 0.429. The highest BCUT2D eigenvalue weighted by molar-refractivity contribution is 7.15. The van der Waals surface area contributed by atoms with Gasteiger partial charge in [-0.2, -0.15) is 5.10 Å². The first-order valence-electron chi connectivity index (χ1n) is 6.82. The Balaban J connectivity index is 1.87. The van der Waals surface area contributed by atoms with Crippen LogP contribution in [-0.4, -0.2) is 25.7 Å². The van der Waals surface area contributed by atoms with Gasteiger partial charge in [-0.05, 0) is 19.5 Å². The van der Waals surface area contributed by atoms with Crippen molar-refractivity contribution in [3.63, 3.8) is 0 Å². The molecule has 6 heteroatoms. The Bertz CT molecular complexity index is 680. The molecule has 3 rings (SSSR count). The van der Waals surface area contributed by atoms with E-state index in [1.807, 2.05) is 24.9 Å². The zero-order valence-electron chi connectivity index (χ0n) is 12.0. The van der Waals surface area contributed by atoms with Crippen LogP contribution in [0.1, 0.15) is 30.0 Å². The van der Waals surface area contributed by atoms with Gasteiger partial charge in [-0.1, -0.05) is 6.92 Å². The summed E-state index contributed by atoms with van der Waals surface area (Å²) in [6.45, 7) is 5.08. The van der Waals surface area contributed by atoms with Crippen molar-refractivity contribution in [2.45, 2.75) is 26.3 Å². The first-order chi connectivity index (χ1) is 9.67. The lowest BCUT2D eigenvalue weighted by Crippen LogP contribution is -2.25. The van der Waals surface area contributed by atoms with Crippen molar-refractivity contribution in [2.75, 3.05) is 6.54 Å². The second-order valence-electron chi connectivity index (χ2n) is 4.97. The Kier molecular flexibility index (Phi) is 3.58. The topological polar surface area (TPSA) is 47.1 Å². The highest BCUT2D eigenvalue weighted by atomic mass is 32.1. The van der Waals surface area contributed by atoms with E-state index in [9.17, 15) is 0 Å². The molecule has 0 aliphatic heterocycles. The minimum absolute atomic E-state index is 0.246. The van der Waals surface area contributed by atoms with Gasteiger partial charge in [0.05, 0.1) is 23.1 Å². The largest absolute Gasteiger partial charge is 0.309 e. The number of nitrogens with zero attached hydrogens (tertiary/aromatic N) is 4. The first-order valence-corrected chi connectivity index (χ1v) is 7.70. The Hall–Kier alpha value is -1.66. The standard InChI is InChI=1S/C14H19N5S/c1-4-15-12(13-7-10(2)17-18(13)3)8-11-9-19-5-6-20-14(19)16-11/h5-7,9,12,15H,4,8H2,1-3H3. The third-order valence-corrected chi connectivity index (χ3v) is 4.17. The predicted octanol–water partition coefficient (Wildman–Crippen LogP) is 2.33. The lowest BCUT2D eigenvalue weighted by atomic mass is 10.1. The number of aromatic nitrogens is 4. The Morgan fingerprint density at radius 2 is 2.30 bits per heavy atom. The zero-order valence-corrected chi connectivity index (χ0v) is 12.8. The van der Waals surface area contributed by atoms with E-state index >= 15 is 0 Å². The van der Waals surface area contributed by atoms with E-state index in [-0.39, 0.29) is 6.04 Å². The number of fused-ring (bicyclic) bond motifs is 1. The average Bonchev–Trinajstić information content (AvgIpc) is 3.03. The van der Waals surface area contributed by atoms with E-state index in [2.05, 4.69) is 44.4 Å². The minimum atomic E-state index is 0.246. The molecule has 0 aliphatic rings. The lowest BCUT2D eigenvalue weighted by molar-refractivity contribution is 0.504. The second kappa shape index (κ2) is 5.38. The highest BCUT2D eigenvalue weighted by Gasteiger charge is 2.17. The van der Waals surface area contributed by atoms with Gasteiger partial charge in [0.15, 0.2) is 4.96 Å². The van der Waals surface area contributed by atoms with Gasteiger partial charge in [0.1, 0.15) is 0 Å². The van der Waals surface area contributed by atoms with E-state index in [0.29, 0.717) is 0 Å². The lowest BCUT2D eigenvalue weighted by Gasteiger charge is -2.17.